The van der Waals surface area contributed by atoms with Crippen molar-refractivity contribution in [3.05, 3.63) is 35.2 Å². The van der Waals surface area contributed by atoms with Gasteiger partial charge < -0.3 is 15.5 Å². The molecule has 8 heteroatoms. The molecule has 0 radical (unpaired) electrons. The molecule has 0 aliphatic rings. The lowest BCUT2D eigenvalue weighted by Crippen LogP contribution is -2.24. The number of amides is 1. The Morgan fingerprint density at radius 1 is 1.35 bits per heavy atom. The molecule has 0 bridgehead atoms. The molecule has 2 aromatic rings. The second-order valence-corrected chi connectivity index (χ2v) is 6.35. The van der Waals surface area contributed by atoms with Crippen molar-refractivity contribution in [3.63, 3.8) is 0 Å². The molecule has 0 unspecified atom stereocenters. The molecule has 0 spiro atoms. The van der Waals surface area contributed by atoms with Gasteiger partial charge in [0.2, 0.25) is 11.1 Å². The van der Waals surface area contributed by atoms with Gasteiger partial charge in [0.05, 0.1) is 5.75 Å². The van der Waals surface area contributed by atoms with E-state index in [4.69, 9.17) is 10.6 Å². The first-order chi connectivity index (χ1) is 10.9. The van der Waals surface area contributed by atoms with Crippen LogP contribution >= 0.6 is 11.8 Å². The van der Waals surface area contributed by atoms with E-state index >= 15 is 0 Å². The van der Waals surface area contributed by atoms with Crippen molar-refractivity contribution in [2.75, 3.05) is 25.7 Å². The predicted molar refractivity (Wildman–Crippen MR) is 89.8 cm³/mol. The van der Waals surface area contributed by atoms with E-state index in [1.807, 2.05) is 26.0 Å². The molecule has 0 aliphatic heterocycles. The van der Waals surface area contributed by atoms with Crippen molar-refractivity contribution in [2.24, 2.45) is 0 Å². The van der Waals surface area contributed by atoms with Crippen LogP contribution in [0.3, 0.4) is 0 Å². The van der Waals surface area contributed by atoms with Crippen molar-refractivity contribution in [3.8, 4) is 5.75 Å². The molecule has 1 aromatic heterocycles. The van der Waals surface area contributed by atoms with Gasteiger partial charge in [0, 0.05) is 14.1 Å². The van der Waals surface area contributed by atoms with Crippen LogP contribution in [-0.4, -0.2) is 45.5 Å². The Kier molecular flexibility index (Phi) is 5.49. The molecule has 1 amide bonds. The number of nitrogens with two attached hydrogens (primary N) is 1. The third-order valence-corrected chi connectivity index (χ3v) is 4.17. The third kappa shape index (κ3) is 4.38. The predicted octanol–water partition coefficient (Wildman–Crippen LogP) is 1.37. The molecule has 2 rings (SSSR count). The summed E-state index contributed by atoms with van der Waals surface area (Å²) in [5, 5.41) is 8.50. The number of hydrogen-bond donors (Lipinski definition) is 1. The van der Waals surface area contributed by atoms with Crippen molar-refractivity contribution >= 4 is 17.7 Å². The van der Waals surface area contributed by atoms with Gasteiger partial charge >= 0.3 is 0 Å². The second-order valence-electron chi connectivity index (χ2n) is 5.40. The van der Waals surface area contributed by atoms with Gasteiger partial charge in [-0.05, 0) is 25.5 Å². The molecular formula is C15H21N5O2S. The van der Waals surface area contributed by atoms with Gasteiger partial charge in [-0.25, -0.2) is 4.68 Å². The lowest BCUT2D eigenvalue weighted by atomic mass is 10.1. The number of aryl methyl sites for hydroxylation is 2. The molecule has 23 heavy (non-hydrogen) atoms. The second kappa shape index (κ2) is 7.36. The van der Waals surface area contributed by atoms with Gasteiger partial charge in [-0.2, -0.15) is 0 Å². The molecule has 0 saturated carbocycles. The number of ether oxygens (including phenoxy) is 1. The van der Waals surface area contributed by atoms with Crippen molar-refractivity contribution in [1.29, 1.82) is 0 Å². The molecule has 1 aromatic carbocycles. The molecule has 2 N–H and O–H groups in total. The zero-order valence-electron chi connectivity index (χ0n) is 13.7. The van der Waals surface area contributed by atoms with Gasteiger partial charge in [0.15, 0.2) is 5.82 Å². The first kappa shape index (κ1) is 17.1. The first-order valence-corrected chi connectivity index (χ1v) is 8.09. The number of carbonyl (C=O) groups is 1. The molecular weight excluding hydrogens is 314 g/mol. The SMILES string of the molecule is Cc1ccc(OCc2nnc(SCC(=O)N(C)C)n2N)c(C)c1. The van der Waals surface area contributed by atoms with Gasteiger partial charge in [0.1, 0.15) is 12.4 Å². The van der Waals surface area contributed by atoms with Crippen LogP contribution in [0.25, 0.3) is 0 Å². The molecule has 0 atom stereocenters. The number of benzene rings is 1. The van der Waals surface area contributed by atoms with E-state index < -0.39 is 0 Å². The highest BCUT2D eigenvalue weighted by Crippen LogP contribution is 2.20. The number of aromatic nitrogens is 3. The summed E-state index contributed by atoms with van der Waals surface area (Å²) in [6, 6.07) is 5.97. The lowest BCUT2D eigenvalue weighted by Gasteiger charge is -2.10. The van der Waals surface area contributed by atoms with Crippen LogP contribution in [0.5, 0.6) is 5.75 Å². The fraction of sp³-hybridized carbons (Fsp3) is 0.400. The monoisotopic (exact) mass is 335 g/mol. The number of carbonyl (C=O) groups excluding carboxylic acids is 1. The highest BCUT2D eigenvalue weighted by atomic mass is 32.2. The Hall–Kier alpha value is -2.22. The molecule has 0 fully saturated rings. The number of thioether (sulfide) groups is 1. The zero-order valence-corrected chi connectivity index (χ0v) is 14.6. The summed E-state index contributed by atoms with van der Waals surface area (Å²) in [7, 11) is 3.42. The number of nitrogen functional groups attached to an aromatic ring is 1. The third-order valence-electron chi connectivity index (χ3n) is 3.25. The van der Waals surface area contributed by atoms with Crippen LogP contribution in [0.1, 0.15) is 17.0 Å². The Morgan fingerprint density at radius 2 is 2.09 bits per heavy atom. The maximum absolute atomic E-state index is 11.6. The topological polar surface area (TPSA) is 86.3 Å². The highest BCUT2D eigenvalue weighted by molar-refractivity contribution is 7.99. The van der Waals surface area contributed by atoms with E-state index in [0.717, 1.165) is 11.3 Å². The van der Waals surface area contributed by atoms with E-state index in [-0.39, 0.29) is 18.3 Å². The van der Waals surface area contributed by atoms with Crippen molar-refractivity contribution < 1.29 is 9.53 Å². The summed E-state index contributed by atoms with van der Waals surface area (Å²) < 4.78 is 7.11. The molecule has 124 valence electrons. The normalized spacial score (nSPS) is 10.6. The number of hydrogen-bond acceptors (Lipinski definition) is 6. The average molecular weight is 335 g/mol. The minimum Gasteiger partial charge on any atom is -0.485 e. The summed E-state index contributed by atoms with van der Waals surface area (Å²) in [5.41, 5.74) is 2.24. The van der Waals surface area contributed by atoms with Crippen LogP contribution in [0.4, 0.5) is 0 Å². The highest BCUT2D eigenvalue weighted by Gasteiger charge is 2.13. The first-order valence-electron chi connectivity index (χ1n) is 7.11. The lowest BCUT2D eigenvalue weighted by molar-refractivity contribution is -0.125. The standard InChI is InChI=1S/C15H21N5O2S/c1-10-5-6-12(11(2)7-10)22-8-13-17-18-15(20(13)16)23-9-14(21)19(3)4/h5-7H,8-9,16H2,1-4H3. The number of rotatable bonds is 6. The minimum atomic E-state index is -0.00826. The van der Waals surface area contributed by atoms with Crippen LogP contribution in [-0.2, 0) is 11.4 Å². The summed E-state index contributed by atoms with van der Waals surface area (Å²) in [4.78, 5) is 13.1. The summed E-state index contributed by atoms with van der Waals surface area (Å²) in [6.07, 6.45) is 0. The Bertz CT molecular complexity index is 699. The number of nitrogens with zero attached hydrogens (tertiary/aromatic N) is 4. The Balaban J connectivity index is 1.98. The maximum Gasteiger partial charge on any atom is 0.232 e. The molecule has 0 saturated heterocycles. The minimum absolute atomic E-state index is 0.00826. The summed E-state index contributed by atoms with van der Waals surface area (Å²) in [6.45, 7) is 4.24. The molecule has 0 aliphatic carbocycles. The van der Waals surface area contributed by atoms with Crippen LogP contribution in [0.2, 0.25) is 0 Å². The zero-order chi connectivity index (χ0) is 17.0. The van der Waals surface area contributed by atoms with E-state index in [9.17, 15) is 4.79 Å². The summed E-state index contributed by atoms with van der Waals surface area (Å²) >= 11 is 1.25. The molecule has 7 nitrogen and oxygen atoms in total. The fourth-order valence-corrected chi connectivity index (χ4v) is 2.72. The average Bonchev–Trinajstić information content (AvgIpc) is 2.84. The van der Waals surface area contributed by atoms with Gasteiger partial charge in [-0.3, -0.25) is 4.79 Å². The summed E-state index contributed by atoms with van der Waals surface area (Å²) in [5.74, 6) is 7.51. The van der Waals surface area contributed by atoms with Gasteiger partial charge in [-0.15, -0.1) is 10.2 Å². The Morgan fingerprint density at radius 3 is 2.74 bits per heavy atom. The van der Waals surface area contributed by atoms with E-state index in [2.05, 4.69) is 16.3 Å². The largest absolute Gasteiger partial charge is 0.485 e. The van der Waals surface area contributed by atoms with Crippen LogP contribution in [0, 0.1) is 13.8 Å². The quantitative estimate of drug-likeness (QED) is 0.634. The smallest absolute Gasteiger partial charge is 0.232 e. The molecule has 1 heterocycles. The van der Waals surface area contributed by atoms with Crippen molar-refractivity contribution in [2.45, 2.75) is 25.6 Å². The maximum atomic E-state index is 11.6. The van der Waals surface area contributed by atoms with Crippen molar-refractivity contribution in [1.82, 2.24) is 19.8 Å². The van der Waals surface area contributed by atoms with Gasteiger partial charge in [-0.1, -0.05) is 29.5 Å². The van der Waals surface area contributed by atoms with E-state index in [1.165, 1.54) is 26.9 Å². The van der Waals surface area contributed by atoms with E-state index in [0.29, 0.717) is 11.0 Å². The van der Waals surface area contributed by atoms with E-state index in [1.54, 1.807) is 14.1 Å². The van der Waals surface area contributed by atoms with Gasteiger partial charge in [0.25, 0.3) is 0 Å². The van der Waals surface area contributed by atoms with Crippen LogP contribution < -0.4 is 10.6 Å². The fourth-order valence-electron chi connectivity index (χ4n) is 1.86. The van der Waals surface area contributed by atoms with Crippen LogP contribution in [0.15, 0.2) is 23.4 Å². The Labute approximate surface area is 139 Å².